The zero-order valence-corrected chi connectivity index (χ0v) is 11.2. The average molecular weight is 257 g/mol. The van der Waals surface area contributed by atoms with Gasteiger partial charge < -0.3 is 10.5 Å². The molecule has 2 unspecified atom stereocenters. The number of ether oxygens (including phenoxy) is 1. The first-order chi connectivity index (χ1) is 8.43. The van der Waals surface area contributed by atoms with Gasteiger partial charge >= 0.3 is 0 Å². The molecular weight excluding hydrogens is 236 g/mol. The van der Waals surface area contributed by atoms with Gasteiger partial charge in [-0.3, -0.25) is 0 Å². The Kier molecular flexibility index (Phi) is 5.54. The highest BCUT2D eigenvalue weighted by molar-refractivity contribution is 5.32. The van der Waals surface area contributed by atoms with Gasteiger partial charge in [0, 0.05) is 6.04 Å². The van der Waals surface area contributed by atoms with Gasteiger partial charge in [-0.2, -0.15) is 0 Å². The van der Waals surface area contributed by atoms with Crippen LogP contribution in [-0.2, 0) is 6.42 Å². The van der Waals surface area contributed by atoms with Gasteiger partial charge in [-0.25, -0.2) is 8.78 Å². The van der Waals surface area contributed by atoms with E-state index in [1.807, 2.05) is 6.92 Å². The summed E-state index contributed by atoms with van der Waals surface area (Å²) in [5, 5.41) is 0. The standard InChI is InChI=1S/C14H21F2NO/c1-4-5-10(3)18-14-12(15)7-11(6-9(2)17)8-13(14)16/h7-10H,4-6,17H2,1-3H3. The molecule has 1 aromatic rings. The van der Waals surface area contributed by atoms with Gasteiger partial charge in [-0.1, -0.05) is 13.3 Å². The highest BCUT2D eigenvalue weighted by atomic mass is 19.1. The van der Waals surface area contributed by atoms with Crippen LogP contribution in [0.15, 0.2) is 12.1 Å². The summed E-state index contributed by atoms with van der Waals surface area (Å²) in [4.78, 5) is 0. The van der Waals surface area contributed by atoms with Gasteiger partial charge in [-0.05, 0) is 44.4 Å². The highest BCUT2D eigenvalue weighted by Crippen LogP contribution is 2.25. The van der Waals surface area contributed by atoms with Crippen molar-refractivity contribution < 1.29 is 13.5 Å². The first-order valence-corrected chi connectivity index (χ1v) is 6.34. The topological polar surface area (TPSA) is 35.2 Å². The monoisotopic (exact) mass is 257 g/mol. The fraction of sp³-hybridized carbons (Fsp3) is 0.571. The van der Waals surface area contributed by atoms with E-state index >= 15 is 0 Å². The van der Waals surface area contributed by atoms with Gasteiger partial charge in [0.25, 0.3) is 0 Å². The largest absolute Gasteiger partial charge is 0.485 e. The summed E-state index contributed by atoms with van der Waals surface area (Å²) in [6.07, 6.45) is 1.92. The Morgan fingerprint density at radius 3 is 2.22 bits per heavy atom. The van der Waals surface area contributed by atoms with Crippen LogP contribution in [-0.4, -0.2) is 12.1 Å². The molecule has 0 spiro atoms. The Morgan fingerprint density at radius 2 is 1.78 bits per heavy atom. The molecule has 1 aromatic carbocycles. The molecule has 0 aliphatic heterocycles. The smallest absolute Gasteiger partial charge is 0.191 e. The van der Waals surface area contributed by atoms with Crippen LogP contribution in [0.5, 0.6) is 5.75 Å². The van der Waals surface area contributed by atoms with Crippen molar-refractivity contribution in [2.24, 2.45) is 5.73 Å². The normalized spacial score (nSPS) is 14.3. The molecule has 0 amide bonds. The van der Waals surface area contributed by atoms with Crippen molar-refractivity contribution in [1.29, 1.82) is 0 Å². The van der Waals surface area contributed by atoms with Gasteiger partial charge in [0.05, 0.1) is 6.10 Å². The molecule has 0 heterocycles. The van der Waals surface area contributed by atoms with Crippen molar-refractivity contribution in [2.75, 3.05) is 0 Å². The first kappa shape index (κ1) is 14.9. The Labute approximate surface area is 107 Å². The quantitative estimate of drug-likeness (QED) is 0.847. The van der Waals surface area contributed by atoms with Crippen molar-refractivity contribution >= 4 is 0 Å². The van der Waals surface area contributed by atoms with Gasteiger partial charge in [-0.15, -0.1) is 0 Å². The predicted molar refractivity (Wildman–Crippen MR) is 68.7 cm³/mol. The third-order valence-electron chi connectivity index (χ3n) is 2.63. The van der Waals surface area contributed by atoms with Crippen LogP contribution < -0.4 is 10.5 Å². The molecular formula is C14H21F2NO. The molecule has 18 heavy (non-hydrogen) atoms. The maximum atomic E-state index is 13.8. The van der Waals surface area contributed by atoms with Crippen molar-refractivity contribution in [1.82, 2.24) is 0 Å². The summed E-state index contributed by atoms with van der Waals surface area (Å²) in [7, 11) is 0. The number of nitrogens with two attached hydrogens (primary N) is 1. The summed E-state index contributed by atoms with van der Waals surface area (Å²) in [6, 6.07) is 2.45. The lowest BCUT2D eigenvalue weighted by atomic mass is 10.1. The number of rotatable bonds is 6. The van der Waals surface area contributed by atoms with Crippen LogP contribution in [0, 0.1) is 11.6 Å². The number of halogens is 2. The number of hydrogen-bond donors (Lipinski definition) is 1. The molecule has 0 aromatic heterocycles. The van der Waals surface area contributed by atoms with Crippen molar-refractivity contribution in [3.8, 4) is 5.75 Å². The van der Waals surface area contributed by atoms with Crippen molar-refractivity contribution in [3.63, 3.8) is 0 Å². The van der Waals surface area contributed by atoms with E-state index in [0.29, 0.717) is 12.0 Å². The Hall–Kier alpha value is -1.16. The molecule has 2 N–H and O–H groups in total. The Bertz CT molecular complexity index is 370. The molecule has 2 nitrogen and oxygen atoms in total. The minimum atomic E-state index is -0.659. The summed E-state index contributed by atoms with van der Waals surface area (Å²) >= 11 is 0. The highest BCUT2D eigenvalue weighted by Gasteiger charge is 2.15. The van der Waals surface area contributed by atoms with Gasteiger partial charge in [0.1, 0.15) is 0 Å². The third-order valence-corrected chi connectivity index (χ3v) is 2.63. The summed E-state index contributed by atoms with van der Waals surface area (Å²) in [5.74, 6) is -1.61. The first-order valence-electron chi connectivity index (χ1n) is 6.34. The second-order valence-corrected chi connectivity index (χ2v) is 4.79. The van der Waals surface area contributed by atoms with E-state index in [-0.39, 0.29) is 17.9 Å². The minimum Gasteiger partial charge on any atom is -0.485 e. The maximum Gasteiger partial charge on any atom is 0.191 e. The molecule has 2 atom stereocenters. The van der Waals surface area contributed by atoms with Crippen LogP contribution in [0.1, 0.15) is 39.2 Å². The van der Waals surface area contributed by atoms with Gasteiger partial charge in [0.2, 0.25) is 0 Å². The third kappa shape index (κ3) is 4.26. The molecule has 0 saturated carbocycles. The minimum absolute atomic E-state index is 0.130. The SMILES string of the molecule is CCCC(C)Oc1c(F)cc(CC(C)N)cc1F. The second kappa shape index (κ2) is 6.69. The van der Waals surface area contributed by atoms with E-state index in [1.165, 1.54) is 12.1 Å². The number of benzene rings is 1. The lowest BCUT2D eigenvalue weighted by Crippen LogP contribution is -2.18. The molecule has 1 rings (SSSR count). The molecule has 0 fully saturated rings. The summed E-state index contributed by atoms with van der Waals surface area (Å²) in [5.41, 5.74) is 6.16. The van der Waals surface area contributed by atoms with E-state index in [9.17, 15) is 8.78 Å². The van der Waals surface area contributed by atoms with E-state index in [0.717, 1.165) is 12.8 Å². The fourth-order valence-electron chi connectivity index (χ4n) is 1.88. The Morgan fingerprint density at radius 1 is 1.22 bits per heavy atom. The molecule has 102 valence electrons. The lowest BCUT2D eigenvalue weighted by molar-refractivity contribution is 0.191. The van der Waals surface area contributed by atoms with Crippen LogP contribution in [0.3, 0.4) is 0 Å². The van der Waals surface area contributed by atoms with E-state index in [1.54, 1.807) is 13.8 Å². The van der Waals surface area contributed by atoms with Gasteiger partial charge in [0.15, 0.2) is 17.4 Å². The lowest BCUT2D eigenvalue weighted by Gasteiger charge is -2.16. The molecule has 0 aliphatic carbocycles. The van der Waals surface area contributed by atoms with Crippen LogP contribution in [0.4, 0.5) is 8.78 Å². The predicted octanol–water partition coefficient (Wildman–Crippen LogP) is 3.42. The van der Waals surface area contributed by atoms with Crippen LogP contribution in [0.25, 0.3) is 0 Å². The molecule has 0 radical (unpaired) electrons. The summed E-state index contributed by atoms with van der Waals surface area (Å²) in [6.45, 7) is 5.60. The zero-order chi connectivity index (χ0) is 13.7. The maximum absolute atomic E-state index is 13.8. The van der Waals surface area contributed by atoms with E-state index in [4.69, 9.17) is 10.5 Å². The Balaban J connectivity index is 2.87. The van der Waals surface area contributed by atoms with Crippen LogP contribution >= 0.6 is 0 Å². The molecule has 4 heteroatoms. The molecule has 0 saturated heterocycles. The van der Waals surface area contributed by atoms with Crippen molar-refractivity contribution in [2.45, 2.75) is 52.2 Å². The van der Waals surface area contributed by atoms with Crippen LogP contribution in [0.2, 0.25) is 0 Å². The van der Waals surface area contributed by atoms with E-state index < -0.39 is 11.6 Å². The zero-order valence-electron chi connectivity index (χ0n) is 11.2. The molecule has 0 aliphatic rings. The molecule has 0 bridgehead atoms. The van der Waals surface area contributed by atoms with Crippen molar-refractivity contribution in [3.05, 3.63) is 29.3 Å². The summed E-state index contributed by atoms with van der Waals surface area (Å²) < 4.78 is 32.8. The second-order valence-electron chi connectivity index (χ2n) is 4.79. The average Bonchev–Trinajstić information content (AvgIpc) is 2.23. The fourth-order valence-corrected chi connectivity index (χ4v) is 1.88. The number of hydrogen-bond acceptors (Lipinski definition) is 2. The van der Waals surface area contributed by atoms with E-state index in [2.05, 4.69) is 0 Å².